The zero-order valence-electron chi connectivity index (χ0n) is 15.3. The minimum absolute atomic E-state index is 0.449. The third kappa shape index (κ3) is 4.16. The topological polar surface area (TPSA) is 81.1 Å². The van der Waals surface area contributed by atoms with E-state index in [0.717, 1.165) is 29.7 Å². The monoisotopic (exact) mass is 360 g/mol. The van der Waals surface area contributed by atoms with E-state index in [1.807, 2.05) is 12.1 Å². The Morgan fingerprint density at radius 1 is 1.07 bits per heavy atom. The van der Waals surface area contributed by atoms with Gasteiger partial charge in [-0.2, -0.15) is 5.10 Å². The van der Waals surface area contributed by atoms with Crippen LogP contribution in [0.15, 0.2) is 60.1 Å². The number of anilines is 1. The first-order chi connectivity index (χ1) is 13.3. The third-order valence-electron chi connectivity index (χ3n) is 5.00. The molecule has 1 aliphatic carbocycles. The number of benzene rings is 2. The molecule has 4 rings (SSSR count). The van der Waals surface area contributed by atoms with Gasteiger partial charge in [0.1, 0.15) is 12.7 Å². The summed E-state index contributed by atoms with van der Waals surface area (Å²) in [4.78, 5) is 8.57. The van der Waals surface area contributed by atoms with Gasteiger partial charge in [0.25, 0.3) is 0 Å². The second-order valence-corrected chi connectivity index (χ2v) is 6.84. The van der Waals surface area contributed by atoms with Crippen LogP contribution < -0.4 is 11.1 Å². The predicted molar refractivity (Wildman–Crippen MR) is 108 cm³/mol. The van der Waals surface area contributed by atoms with Gasteiger partial charge in [-0.25, -0.2) is 14.7 Å². The van der Waals surface area contributed by atoms with Gasteiger partial charge in [-0.3, -0.25) is 0 Å². The number of hydrogen-bond acceptors (Lipinski definition) is 3. The van der Waals surface area contributed by atoms with Crippen LogP contribution in [0.3, 0.4) is 0 Å². The molecule has 0 aliphatic heterocycles. The van der Waals surface area contributed by atoms with Gasteiger partial charge in [-0.15, -0.1) is 0 Å². The van der Waals surface area contributed by atoms with E-state index in [1.165, 1.54) is 24.0 Å². The van der Waals surface area contributed by atoms with Gasteiger partial charge in [-0.1, -0.05) is 36.4 Å². The highest BCUT2D eigenvalue weighted by atomic mass is 15.3. The van der Waals surface area contributed by atoms with Crippen molar-refractivity contribution in [2.24, 2.45) is 10.7 Å². The van der Waals surface area contributed by atoms with Crippen LogP contribution in [0.4, 0.5) is 5.69 Å². The fourth-order valence-electron chi connectivity index (χ4n) is 3.60. The molecule has 0 atom stereocenters. The third-order valence-corrected chi connectivity index (χ3v) is 5.00. The molecule has 138 valence electrons. The van der Waals surface area contributed by atoms with Crippen LogP contribution in [-0.2, 0) is 25.9 Å². The molecular formula is C21H24N6. The zero-order chi connectivity index (χ0) is 18.5. The van der Waals surface area contributed by atoms with E-state index in [2.05, 4.69) is 50.7 Å². The molecule has 0 fully saturated rings. The van der Waals surface area contributed by atoms with Crippen LogP contribution in [0.2, 0.25) is 0 Å². The molecule has 0 saturated carbocycles. The summed E-state index contributed by atoms with van der Waals surface area (Å²) >= 11 is 0. The van der Waals surface area contributed by atoms with Crippen molar-refractivity contribution in [3.05, 3.63) is 77.4 Å². The number of nitrogens with two attached hydrogens (primary N) is 1. The molecule has 0 unspecified atom stereocenters. The van der Waals surface area contributed by atoms with E-state index < -0.39 is 0 Å². The van der Waals surface area contributed by atoms with Crippen molar-refractivity contribution in [1.29, 1.82) is 0 Å². The van der Waals surface area contributed by atoms with Gasteiger partial charge in [0.15, 0.2) is 5.96 Å². The lowest BCUT2D eigenvalue weighted by Crippen LogP contribution is -2.24. The summed E-state index contributed by atoms with van der Waals surface area (Å²) in [6, 6.07) is 14.6. The summed E-state index contributed by atoms with van der Waals surface area (Å²) in [5.74, 6) is 0.449. The molecule has 6 nitrogen and oxygen atoms in total. The second-order valence-electron chi connectivity index (χ2n) is 6.84. The largest absolute Gasteiger partial charge is 0.370 e. The standard InChI is InChI=1S/C21H24N6/c22-21(26-20-11-5-9-16-6-3-4-10-19(16)20)24-12-17-7-1-2-8-18(17)13-27-15-23-14-25-27/h1-2,5,7-9,11,14-15H,3-4,6,10,12-13H2,(H3,22,24,26). The highest BCUT2D eigenvalue weighted by Gasteiger charge is 2.13. The molecule has 0 radical (unpaired) electrons. The second kappa shape index (κ2) is 8.03. The Hall–Kier alpha value is -3.15. The van der Waals surface area contributed by atoms with E-state index in [-0.39, 0.29) is 0 Å². The summed E-state index contributed by atoms with van der Waals surface area (Å²) < 4.78 is 1.81. The lowest BCUT2D eigenvalue weighted by Gasteiger charge is -2.19. The van der Waals surface area contributed by atoms with Crippen molar-refractivity contribution in [2.75, 3.05) is 5.32 Å². The molecule has 0 amide bonds. The maximum absolute atomic E-state index is 6.18. The van der Waals surface area contributed by atoms with Gasteiger partial charge < -0.3 is 11.1 Å². The summed E-state index contributed by atoms with van der Waals surface area (Å²) in [7, 11) is 0. The Morgan fingerprint density at radius 3 is 2.78 bits per heavy atom. The molecule has 27 heavy (non-hydrogen) atoms. The lowest BCUT2D eigenvalue weighted by molar-refractivity contribution is 0.679. The van der Waals surface area contributed by atoms with E-state index in [0.29, 0.717) is 19.0 Å². The molecule has 0 spiro atoms. The van der Waals surface area contributed by atoms with Crippen LogP contribution in [0.1, 0.15) is 35.1 Å². The van der Waals surface area contributed by atoms with Crippen molar-refractivity contribution in [2.45, 2.75) is 38.8 Å². The average molecular weight is 360 g/mol. The molecule has 1 aromatic heterocycles. The molecule has 3 N–H and O–H groups in total. The van der Waals surface area contributed by atoms with Crippen LogP contribution in [0.5, 0.6) is 0 Å². The minimum atomic E-state index is 0.449. The molecular weight excluding hydrogens is 336 g/mol. The molecule has 0 saturated heterocycles. The number of aromatic nitrogens is 3. The number of hydrogen-bond donors (Lipinski definition) is 2. The van der Waals surface area contributed by atoms with Crippen molar-refractivity contribution >= 4 is 11.6 Å². The van der Waals surface area contributed by atoms with Crippen molar-refractivity contribution in [3.8, 4) is 0 Å². The molecule has 0 bridgehead atoms. The van der Waals surface area contributed by atoms with Gasteiger partial charge >= 0.3 is 0 Å². The summed E-state index contributed by atoms with van der Waals surface area (Å²) in [5, 5.41) is 7.48. The SMILES string of the molecule is NC(=NCc1ccccc1Cn1cncn1)Nc1cccc2c1CCCC2. The van der Waals surface area contributed by atoms with Crippen molar-refractivity contribution in [1.82, 2.24) is 14.8 Å². The van der Waals surface area contributed by atoms with Gasteiger partial charge in [0.05, 0.1) is 13.1 Å². The zero-order valence-corrected chi connectivity index (χ0v) is 15.3. The van der Waals surface area contributed by atoms with E-state index >= 15 is 0 Å². The minimum Gasteiger partial charge on any atom is -0.370 e. The Morgan fingerprint density at radius 2 is 1.93 bits per heavy atom. The maximum atomic E-state index is 6.18. The molecule has 1 aliphatic rings. The van der Waals surface area contributed by atoms with E-state index in [1.54, 1.807) is 17.3 Å². The number of aliphatic imine (C=N–C) groups is 1. The number of rotatable bonds is 5. The quantitative estimate of drug-likeness (QED) is 0.541. The number of fused-ring (bicyclic) bond motifs is 1. The highest BCUT2D eigenvalue weighted by Crippen LogP contribution is 2.27. The molecule has 3 aromatic rings. The number of aryl methyl sites for hydroxylation is 1. The maximum Gasteiger partial charge on any atom is 0.193 e. The first kappa shape index (κ1) is 17.3. The Bertz CT molecular complexity index is 930. The number of nitrogens with zero attached hydrogens (tertiary/aromatic N) is 4. The van der Waals surface area contributed by atoms with E-state index in [9.17, 15) is 0 Å². The summed E-state index contributed by atoms with van der Waals surface area (Å²) in [6.07, 6.45) is 8.02. The van der Waals surface area contributed by atoms with Crippen molar-refractivity contribution in [3.63, 3.8) is 0 Å². The van der Waals surface area contributed by atoms with Crippen LogP contribution in [0, 0.1) is 0 Å². The predicted octanol–water partition coefficient (Wildman–Crippen LogP) is 3.13. The van der Waals surface area contributed by atoms with E-state index in [4.69, 9.17) is 5.73 Å². The molecule has 1 heterocycles. The average Bonchev–Trinajstić information content (AvgIpc) is 3.21. The fourth-order valence-corrected chi connectivity index (χ4v) is 3.60. The summed E-state index contributed by atoms with van der Waals surface area (Å²) in [6.45, 7) is 1.20. The van der Waals surface area contributed by atoms with Gasteiger partial charge in [0, 0.05) is 5.69 Å². The summed E-state index contributed by atoms with van der Waals surface area (Å²) in [5.41, 5.74) is 12.4. The number of guanidine groups is 1. The van der Waals surface area contributed by atoms with Gasteiger partial charge in [-0.05, 0) is 54.0 Å². The first-order valence-corrected chi connectivity index (χ1v) is 9.36. The lowest BCUT2D eigenvalue weighted by atomic mass is 9.90. The Balaban J connectivity index is 1.47. The Labute approximate surface area is 159 Å². The molecule has 2 aromatic carbocycles. The van der Waals surface area contributed by atoms with Gasteiger partial charge in [0.2, 0.25) is 0 Å². The van der Waals surface area contributed by atoms with Crippen LogP contribution >= 0.6 is 0 Å². The normalized spacial score (nSPS) is 14.0. The fraction of sp³-hybridized carbons (Fsp3) is 0.286. The molecule has 6 heteroatoms. The van der Waals surface area contributed by atoms with Crippen molar-refractivity contribution < 1.29 is 0 Å². The number of nitrogens with one attached hydrogen (secondary N) is 1. The Kier molecular flexibility index (Phi) is 5.14. The van der Waals surface area contributed by atoms with Crippen LogP contribution in [-0.4, -0.2) is 20.7 Å². The first-order valence-electron chi connectivity index (χ1n) is 9.36. The highest BCUT2D eigenvalue weighted by molar-refractivity contribution is 5.93. The smallest absolute Gasteiger partial charge is 0.193 e. The van der Waals surface area contributed by atoms with Crippen LogP contribution in [0.25, 0.3) is 0 Å².